The van der Waals surface area contributed by atoms with Gasteiger partial charge in [-0.1, -0.05) is 49.1 Å². The molecule has 2 heterocycles. The van der Waals surface area contributed by atoms with Gasteiger partial charge in [0.05, 0.1) is 13.0 Å². The molecule has 7 heteroatoms. The molecule has 27 heavy (non-hydrogen) atoms. The minimum Gasteiger partial charge on any atom is -0.380 e. The second kappa shape index (κ2) is 7.29. The van der Waals surface area contributed by atoms with Gasteiger partial charge in [0.1, 0.15) is 5.60 Å². The van der Waals surface area contributed by atoms with Gasteiger partial charge in [-0.2, -0.15) is 4.31 Å². The molecule has 1 aromatic heterocycles. The molecule has 1 aromatic carbocycles. The van der Waals surface area contributed by atoms with Crippen molar-refractivity contribution in [2.45, 2.75) is 43.5 Å². The van der Waals surface area contributed by atoms with Gasteiger partial charge in [-0.3, -0.25) is 0 Å². The Labute approximate surface area is 167 Å². The first-order chi connectivity index (χ1) is 12.5. The monoisotopic (exact) mass is 421 g/mol. The number of rotatable bonds is 4. The molecule has 1 atom stereocenters. The van der Waals surface area contributed by atoms with Gasteiger partial charge in [0.25, 0.3) is 0 Å². The molecule has 0 spiro atoms. The van der Waals surface area contributed by atoms with E-state index < -0.39 is 23.7 Å². The Bertz CT molecular complexity index is 929. The SMILES string of the molecule is Cc1ccc(S(=O)(=O)N2CCC(O)(c3cccs3)/C(=C/[Si](C)(C)C)C2)cc1. The van der Waals surface area contributed by atoms with Crippen LogP contribution in [0.25, 0.3) is 0 Å². The average Bonchev–Trinajstić information content (AvgIpc) is 3.11. The van der Waals surface area contributed by atoms with Crippen molar-refractivity contribution in [1.29, 1.82) is 0 Å². The van der Waals surface area contributed by atoms with E-state index in [9.17, 15) is 13.5 Å². The van der Waals surface area contributed by atoms with Gasteiger partial charge in [0.15, 0.2) is 0 Å². The Morgan fingerprint density at radius 2 is 1.85 bits per heavy atom. The molecule has 1 aliphatic heterocycles. The van der Waals surface area contributed by atoms with Crippen LogP contribution in [0.2, 0.25) is 19.6 Å². The average molecular weight is 422 g/mol. The highest BCUT2D eigenvalue weighted by atomic mass is 32.2. The van der Waals surface area contributed by atoms with Crippen molar-refractivity contribution in [3.63, 3.8) is 0 Å². The smallest absolute Gasteiger partial charge is 0.243 e. The second-order valence-electron chi connectivity index (χ2n) is 8.27. The van der Waals surface area contributed by atoms with Crippen molar-refractivity contribution in [3.8, 4) is 0 Å². The summed E-state index contributed by atoms with van der Waals surface area (Å²) in [6, 6.07) is 10.8. The summed E-state index contributed by atoms with van der Waals surface area (Å²) >= 11 is 1.52. The van der Waals surface area contributed by atoms with Gasteiger partial charge in [-0.05, 0) is 42.5 Å². The Balaban J connectivity index is 1.99. The second-order valence-corrected chi connectivity index (χ2v) is 16.2. The quantitative estimate of drug-likeness (QED) is 0.755. The highest BCUT2D eigenvalue weighted by Gasteiger charge is 2.43. The van der Waals surface area contributed by atoms with Crippen LogP contribution in [0.4, 0.5) is 0 Å². The van der Waals surface area contributed by atoms with E-state index in [-0.39, 0.29) is 6.54 Å². The van der Waals surface area contributed by atoms with Crippen molar-refractivity contribution in [2.24, 2.45) is 0 Å². The van der Waals surface area contributed by atoms with Gasteiger partial charge < -0.3 is 5.11 Å². The lowest BCUT2D eigenvalue weighted by molar-refractivity contribution is 0.0437. The number of sulfonamides is 1. The normalized spacial score (nSPS) is 23.7. The van der Waals surface area contributed by atoms with E-state index in [2.05, 4.69) is 25.3 Å². The van der Waals surface area contributed by atoms with Gasteiger partial charge in [-0.25, -0.2) is 8.42 Å². The minimum atomic E-state index is -3.59. The maximum absolute atomic E-state index is 13.1. The van der Waals surface area contributed by atoms with Crippen LogP contribution in [0.15, 0.2) is 57.9 Å². The minimum absolute atomic E-state index is 0.231. The zero-order valence-electron chi connectivity index (χ0n) is 16.3. The Kier molecular flexibility index (Phi) is 5.53. The lowest BCUT2D eigenvalue weighted by atomic mass is 9.86. The molecular formula is C20H27NO3S2Si. The summed E-state index contributed by atoms with van der Waals surface area (Å²) in [7, 11) is -5.25. The van der Waals surface area contributed by atoms with Crippen LogP contribution in [0.3, 0.4) is 0 Å². The van der Waals surface area contributed by atoms with Crippen LogP contribution in [-0.4, -0.2) is 39.0 Å². The molecule has 0 bridgehead atoms. The summed E-state index contributed by atoms with van der Waals surface area (Å²) in [5, 5.41) is 13.4. The van der Waals surface area contributed by atoms with Crippen LogP contribution < -0.4 is 0 Å². The number of hydrogen-bond acceptors (Lipinski definition) is 4. The van der Waals surface area contributed by atoms with Crippen LogP contribution in [-0.2, 0) is 15.6 Å². The van der Waals surface area contributed by atoms with Crippen LogP contribution >= 0.6 is 11.3 Å². The van der Waals surface area contributed by atoms with E-state index in [1.807, 2.05) is 36.6 Å². The summed E-state index contributed by atoms with van der Waals surface area (Å²) in [6.07, 6.45) is 0.370. The van der Waals surface area contributed by atoms with Crippen LogP contribution in [0, 0.1) is 6.92 Å². The fraction of sp³-hybridized carbons (Fsp3) is 0.400. The van der Waals surface area contributed by atoms with Gasteiger partial charge in [-0.15, -0.1) is 11.3 Å². The maximum atomic E-state index is 13.1. The van der Waals surface area contributed by atoms with E-state index in [4.69, 9.17) is 0 Å². The predicted molar refractivity (Wildman–Crippen MR) is 114 cm³/mol. The number of piperidine rings is 1. The number of thiophene rings is 1. The molecule has 0 aliphatic carbocycles. The van der Waals surface area contributed by atoms with Crippen molar-refractivity contribution >= 4 is 29.4 Å². The van der Waals surface area contributed by atoms with Crippen LogP contribution in [0.5, 0.6) is 0 Å². The standard InChI is InChI=1S/C20H27NO3S2Si/c1-16-7-9-18(10-8-16)26(23,24)21-12-11-20(22,19-6-5-13-25-19)17(14-21)15-27(2,3)4/h5-10,13,15,22H,11-12,14H2,1-4H3/b17-15+. The van der Waals surface area contributed by atoms with E-state index in [1.165, 1.54) is 15.6 Å². The van der Waals surface area contributed by atoms with Gasteiger partial charge >= 0.3 is 0 Å². The molecule has 0 radical (unpaired) electrons. The molecule has 3 rings (SSSR count). The summed E-state index contributed by atoms with van der Waals surface area (Å²) < 4.78 is 27.8. The van der Waals surface area contributed by atoms with E-state index >= 15 is 0 Å². The molecule has 2 aromatic rings. The zero-order chi connectivity index (χ0) is 19.9. The van der Waals surface area contributed by atoms with E-state index in [1.54, 1.807) is 12.1 Å². The molecular weight excluding hydrogens is 394 g/mol. The molecule has 1 fully saturated rings. The molecule has 4 nitrogen and oxygen atoms in total. The fourth-order valence-corrected chi connectivity index (χ4v) is 7.08. The molecule has 1 unspecified atom stereocenters. The van der Waals surface area contributed by atoms with Gasteiger partial charge in [0.2, 0.25) is 10.0 Å². The van der Waals surface area contributed by atoms with Crippen molar-refractivity contribution in [1.82, 2.24) is 4.31 Å². The Hall–Kier alpha value is -1.25. The van der Waals surface area contributed by atoms with Crippen molar-refractivity contribution in [3.05, 3.63) is 63.5 Å². The van der Waals surface area contributed by atoms with Crippen molar-refractivity contribution < 1.29 is 13.5 Å². The molecule has 1 saturated heterocycles. The highest BCUT2D eigenvalue weighted by Crippen LogP contribution is 2.41. The Morgan fingerprint density at radius 3 is 2.41 bits per heavy atom. The zero-order valence-corrected chi connectivity index (χ0v) is 18.9. The maximum Gasteiger partial charge on any atom is 0.243 e. The molecule has 1 aliphatic rings. The summed E-state index contributed by atoms with van der Waals surface area (Å²) in [5.41, 5.74) is 2.92. The van der Waals surface area contributed by atoms with E-state index in [0.717, 1.165) is 16.0 Å². The topological polar surface area (TPSA) is 57.6 Å². The number of aryl methyl sites for hydroxylation is 1. The number of nitrogens with zero attached hydrogens (tertiary/aromatic N) is 1. The molecule has 146 valence electrons. The number of benzene rings is 1. The first-order valence-electron chi connectivity index (χ1n) is 9.08. The summed E-state index contributed by atoms with van der Waals surface area (Å²) in [4.78, 5) is 1.20. The third-order valence-electron chi connectivity index (χ3n) is 4.80. The third kappa shape index (κ3) is 4.27. The first-order valence-corrected chi connectivity index (χ1v) is 15.0. The molecule has 1 N–H and O–H groups in total. The number of hydrogen-bond donors (Lipinski definition) is 1. The van der Waals surface area contributed by atoms with Crippen LogP contribution in [0.1, 0.15) is 16.9 Å². The largest absolute Gasteiger partial charge is 0.380 e. The summed E-state index contributed by atoms with van der Waals surface area (Å²) in [5.74, 6) is 0. The lowest BCUT2D eigenvalue weighted by Crippen LogP contribution is -2.47. The number of aliphatic hydroxyl groups is 1. The fourth-order valence-electron chi connectivity index (χ4n) is 3.39. The predicted octanol–water partition coefficient (Wildman–Crippen LogP) is 4.14. The highest BCUT2D eigenvalue weighted by molar-refractivity contribution is 7.89. The third-order valence-corrected chi connectivity index (χ3v) is 8.89. The summed E-state index contributed by atoms with van der Waals surface area (Å²) in [6.45, 7) is 9.06. The Morgan fingerprint density at radius 1 is 1.19 bits per heavy atom. The lowest BCUT2D eigenvalue weighted by Gasteiger charge is -2.40. The first kappa shape index (κ1) is 20.5. The molecule has 0 amide bonds. The van der Waals surface area contributed by atoms with Gasteiger partial charge in [0, 0.05) is 18.0 Å². The molecule has 0 saturated carbocycles. The van der Waals surface area contributed by atoms with E-state index in [0.29, 0.717) is 17.9 Å². The van der Waals surface area contributed by atoms with Crippen molar-refractivity contribution in [2.75, 3.05) is 13.1 Å².